The second-order valence-corrected chi connectivity index (χ2v) is 9.17. The fraction of sp³-hybridized carbons (Fsp3) is 0.412. The van der Waals surface area contributed by atoms with Crippen molar-refractivity contribution >= 4 is 21.6 Å². The molecule has 2 aromatic heterocycles. The molecule has 1 fully saturated rings. The summed E-state index contributed by atoms with van der Waals surface area (Å²) >= 11 is 0. The normalized spacial score (nSPS) is 17.8. The molecule has 0 unspecified atom stereocenters. The molecule has 0 saturated heterocycles. The highest BCUT2D eigenvalue weighted by Gasteiger charge is 2.55. The van der Waals surface area contributed by atoms with E-state index in [1.165, 1.54) is 6.92 Å². The van der Waals surface area contributed by atoms with E-state index in [0.29, 0.717) is 6.07 Å². The maximum atomic E-state index is 14.8. The van der Waals surface area contributed by atoms with Gasteiger partial charge in [-0.3, -0.25) is 9.78 Å². The van der Waals surface area contributed by atoms with E-state index < -0.39 is 68.5 Å². The van der Waals surface area contributed by atoms with Gasteiger partial charge in [0.25, 0.3) is 11.8 Å². The average Bonchev–Trinajstić information content (AvgIpc) is 2.87. The van der Waals surface area contributed by atoms with Crippen molar-refractivity contribution in [3.8, 4) is 0 Å². The second kappa shape index (κ2) is 7.22. The topological polar surface area (TPSA) is 93.1 Å². The van der Waals surface area contributed by atoms with Crippen LogP contribution in [0.4, 0.5) is 32.0 Å². The summed E-state index contributed by atoms with van der Waals surface area (Å²) in [6.45, 7) is 1.23. The van der Waals surface area contributed by atoms with Gasteiger partial charge in [-0.05, 0) is 19.1 Å². The summed E-state index contributed by atoms with van der Waals surface area (Å²) in [6.07, 6.45) is -4.78. The minimum Gasteiger partial charge on any atom is -0.343 e. The number of nitrogens with zero attached hydrogens (tertiary/aromatic N) is 2. The summed E-state index contributed by atoms with van der Waals surface area (Å²) in [7, 11) is -3.47. The zero-order valence-corrected chi connectivity index (χ0v) is 16.8. The van der Waals surface area contributed by atoms with E-state index in [-0.39, 0.29) is 5.69 Å². The van der Waals surface area contributed by atoms with Crippen LogP contribution in [0.25, 0.3) is 0 Å². The van der Waals surface area contributed by atoms with Crippen LogP contribution in [0.15, 0.2) is 29.4 Å². The largest absolute Gasteiger partial charge is 0.433 e. The van der Waals surface area contributed by atoms with Crippen molar-refractivity contribution in [2.45, 2.75) is 42.3 Å². The van der Waals surface area contributed by atoms with Gasteiger partial charge in [0.05, 0.1) is 0 Å². The van der Waals surface area contributed by atoms with Crippen LogP contribution in [0.2, 0.25) is 0 Å². The highest BCUT2D eigenvalue weighted by atomic mass is 32.2. The maximum absolute atomic E-state index is 14.8. The Morgan fingerprint density at radius 1 is 1.26 bits per heavy atom. The molecule has 0 atom stereocenters. The maximum Gasteiger partial charge on any atom is 0.433 e. The first kappa shape index (κ1) is 23.1. The first-order valence-corrected chi connectivity index (χ1v) is 10.1. The van der Waals surface area contributed by atoms with Crippen LogP contribution in [-0.4, -0.2) is 35.3 Å². The summed E-state index contributed by atoms with van der Waals surface area (Å²) in [5.74, 6) is -5.74. The first-order valence-electron chi connectivity index (χ1n) is 8.64. The van der Waals surface area contributed by atoms with Crippen LogP contribution in [0.3, 0.4) is 0 Å². The van der Waals surface area contributed by atoms with Crippen LogP contribution < -0.4 is 10.0 Å². The summed E-state index contributed by atoms with van der Waals surface area (Å²) in [6, 6.07) is 1.56. The number of hydrogen-bond donors (Lipinski definition) is 2. The molecule has 2 N–H and O–H groups in total. The highest BCUT2D eigenvalue weighted by Crippen LogP contribution is 2.46. The summed E-state index contributed by atoms with van der Waals surface area (Å²) in [5, 5.41) is 2.04. The number of carbonyl (C=O) groups is 1. The zero-order valence-electron chi connectivity index (χ0n) is 16.0. The first-order chi connectivity index (χ1) is 14.0. The number of aromatic nitrogens is 2. The molecule has 1 aliphatic carbocycles. The molecule has 14 heteroatoms. The number of pyridine rings is 1. The number of hydrogen-bond acceptors (Lipinski definition) is 4. The van der Waals surface area contributed by atoms with Crippen molar-refractivity contribution in [2.24, 2.45) is 7.05 Å². The number of carbonyl (C=O) groups excluding carboxylic acids is 1. The van der Waals surface area contributed by atoms with E-state index >= 15 is 0 Å². The lowest BCUT2D eigenvalue weighted by Crippen LogP contribution is -2.60. The van der Waals surface area contributed by atoms with Crippen molar-refractivity contribution < 1.29 is 39.6 Å². The smallest absolute Gasteiger partial charge is 0.343 e. The number of anilines is 1. The Morgan fingerprint density at radius 3 is 2.42 bits per heavy atom. The predicted molar refractivity (Wildman–Crippen MR) is 95.5 cm³/mol. The molecule has 0 spiro atoms. The average molecular weight is 470 g/mol. The van der Waals surface area contributed by atoms with E-state index in [2.05, 4.69) is 4.98 Å². The molecule has 0 aliphatic heterocycles. The van der Waals surface area contributed by atoms with E-state index in [0.717, 1.165) is 30.1 Å². The van der Waals surface area contributed by atoms with Gasteiger partial charge >= 0.3 is 6.18 Å². The monoisotopic (exact) mass is 470 g/mol. The van der Waals surface area contributed by atoms with Gasteiger partial charge in [0.2, 0.25) is 10.0 Å². The number of nitrogens with one attached hydrogen (secondary N) is 2. The fourth-order valence-corrected chi connectivity index (χ4v) is 4.94. The lowest BCUT2D eigenvalue weighted by molar-refractivity contribution is -0.141. The van der Waals surface area contributed by atoms with Gasteiger partial charge in [0, 0.05) is 43.5 Å². The molecular formula is C17H16F6N4O3S. The van der Waals surface area contributed by atoms with E-state index in [1.807, 2.05) is 10.0 Å². The highest BCUT2D eigenvalue weighted by molar-refractivity contribution is 7.89. The Morgan fingerprint density at radius 2 is 1.87 bits per heavy atom. The summed E-state index contributed by atoms with van der Waals surface area (Å²) < 4.78 is 107. The number of alkyl halides is 5. The predicted octanol–water partition coefficient (Wildman–Crippen LogP) is 3.30. The SMILES string of the molecule is Cn1cc(S(=O)(=O)NC2(C)CC(F)(F)C2)c(F)c1C(=O)Nc1ccnc(C(F)(F)F)c1. The molecule has 7 nitrogen and oxygen atoms in total. The quantitative estimate of drug-likeness (QED) is 0.656. The van der Waals surface area contributed by atoms with Gasteiger partial charge in [-0.2, -0.15) is 13.2 Å². The summed E-state index contributed by atoms with van der Waals surface area (Å²) in [5.41, 5.74) is -3.91. The third-order valence-corrected chi connectivity index (χ3v) is 6.20. The van der Waals surface area contributed by atoms with Crippen molar-refractivity contribution in [3.05, 3.63) is 41.7 Å². The molecule has 1 saturated carbocycles. The second-order valence-electron chi connectivity index (χ2n) is 7.52. The van der Waals surface area contributed by atoms with Crippen LogP contribution in [0, 0.1) is 5.82 Å². The fourth-order valence-electron chi connectivity index (χ4n) is 3.41. The minimum atomic E-state index is -4.78. The minimum absolute atomic E-state index is 0.348. The Hall–Kier alpha value is -2.61. The lowest BCUT2D eigenvalue weighted by Gasteiger charge is -2.44. The standard InChI is InChI=1S/C17H16F6N4O3S/c1-15(7-16(19,20)8-15)26-31(29,30)10-6-27(2)13(12(10)18)14(28)25-9-3-4-24-11(5-9)17(21,22)23/h3-6,26H,7-8H2,1-2H3,(H,24,25,28). The third kappa shape index (κ3) is 4.69. The summed E-state index contributed by atoms with van der Waals surface area (Å²) in [4.78, 5) is 14.6. The van der Waals surface area contributed by atoms with Crippen molar-refractivity contribution in [3.63, 3.8) is 0 Å². The van der Waals surface area contributed by atoms with E-state index in [9.17, 15) is 39.6 Å². The number of aryl methyl sites for hydroxylation is 1. The molecule has 31 heavy (non-hydrogen) atoms. The number of rotatable bonds is 5. The van der Waals surface area contributed by atoms with Gasteiger partial charge < -0.3 is 9.88 Å². The van der Waals surface area contributed by atoms with E-state index in [4.69, 9.17) is 0 Å². The molecule has 1 aliphatic rings. The third-order valence-electron chi connectivity index (χ3n) is 4.58. The molecule has 2 aromatic rings. The Kier molecular flexibility index (Phi) is 5.37. The van der Waals surface area contributed by atoms with Crippen molar-refractivity contribution in [1.82, 2.24) is 14.3 Å². The Bertz CT molecular complexity index is 1140. The van der Waals surface area contributed by atoms with Gasteiger partial charge in [-0.25, -0.2) is 26.3 Å². The van der Waals surface area contributed by atoms with Crippen LogP contribution >= 0.6 is 0 Å². The van der Waals surface area contributed by atoms with Gasteiger partial charge in [-0.15, -0.1) is 0 Å². The van der Waals surface area contributed by atoms with Gasteiger partial charge in [0.1, 0.15) is 16.3 Å². The molecule has 0 radical (unpaired) electrons. The molecule has 0 bridgehead atoms. The molecule has 2 heterocycles. The van der Waals surface area contributed by atoms with Crippen LogP contribution in [0.1, 0.15) is 35.9 Å². The lowest BCUT2D eigenvalue weighted by atomic mass is 9.76. The van der Waals surface area contributed by atoms with E-state index in [1.54, 1.807) is 0 Å². The van der Waals surface area contributed by atoms with Gasteiger partial charge in [0.15, 0.2) is 5.82 Å². The van der Waals surface area contributed by atoms with Crippen LogP contribution in [-0.2, 0) is 23.2 Å². The molecular weight excluding hydrogens is 454 g/mol. The molecule has 170 valence electrons. The zero-order chi connectivity index (χ0) is 23.4. The van der Waals surface area contributed by atoms with Crippen molar-refractivity contribution in [2.75, 3.05) is 5.32 Å². The van der Waals surface area contributed by atoms with Crippen LogP contribution in [0.5, 0.6) is 0 Å². The molecule has 1 amide bonds. The Balaban J connectivity index is 1.85. The number of amides is 1. The number of halogens is 6. The molecule has 0 aromatic carbocycles. The number of sulfonamides is 1. The van der Waals surface area contributed by atoms with Gasteiger partial charge in [-0.1, -0.05) is 0 Å². The Labute approximate surface area is 172 Å². The molecule has 3 rings (SSSR count). The van der Waals surface area contributed by atoms with Crippen molar-refractivity contribution in [1.29, 1.82) is 0 Å².